The van der Waals surface area contributed by atoms with Gasteiger partial charge in [0.2, 0.25) is 6.75 Å². The van der Waals surface area contributed by atoms with Gasteiger partial charge >= 0.3 is 0 Å². The maximum absolute atomic E-state index is 13.4. The van der Waals surface area contributed by atoms with Crippen LogP contribution in [0.4, 0.5) is 4.39 Å². The maximum atomic E-state index is 13.4. The first-order chi connectivity index (χ1) is 13.9. The Balaban J connectivity index is 1.59. The third kappa shape index (κ3) is 3.17. The van der Waals surface area contributed by atoms with Crippen LogP contribution in [0, 0.1) is 11.7 Å². The first-order valence-corrected chi connectivity index (χ1v) is 7.58. The lowest BCUT2D eigenvalue weighted by atomic mass is 9.81. The molecule has 1 unspecified atom stereocenters. The number of benzene rings is 2. The van der Waals surface area contributed by atoms with Gasteiger partial charge in [-0.3, -0.25) is 0 Å². The van der Waals surface area contributed by atoms with Crippen LogP contribution < -0.4 is 19.5 Å². The Labute approximate surface area is 149 Å². The zero-order valence-corrected chi connectivity index (χ0v) is 12.8. The standard InChI is InChI=1S/C19H20FNO3/c20-15-3-1-13(2-4-15)17-7-8-21-10-14(17)11-22-16-5-6-18-19(9-16)24-12-23-18/h1-6,9,14,17,21H,7-8,10-12H2/t14-,17?/m1/s1/i8D2,12D2,14D,17D. The fourth-order valence-corrected chi connectivity index (χ4v) is 2.67. The van der Waals surface area contributed by atoms with Crippen molar-refractivity contribution in [1.29, 1.82) is 0 Å². The largest absolute Gasteiger partial charge is 0.493 e. The van der Waals surface area contributed by atoms with E-state index in [0.717, 1.165) is 0 Å². The Morgan fingerprint density at radius 2 is 2.04 bits per heavy atom. The van der Waals surface area contributed by atoms with Crippen molar-refractivity contribution in [3.63, 3.8) is 0 Å². The molecule has 24 heavy (non-hydrogen) atoms. The monoisotopic (exact) mass is 335 g/mol. The SMILES string of the molecule is [2H]C1([2H])CC([2H])(c2ccc(F)cc2)[C@@]([2H])(COc2ccc3c(c2)OC([2H])([2H])O3)CN1. The van der Waals surface area contributed by atoms with Crippen molar-refractivity contribution >= 4 is 0 Å². The van der Waals surface area contributed by atoms with E-state index in [0.29, 0.717) is 5.56 Å². The quantitative estimate of drug-likeness (QED) is 0.930. The van der Waals surface area contributed by atoms with E-state index in [4.69, 9.17) is 22.4 Å². The van der Waals surface area contributed by atoms with Crippen molar-refractivity contribution in [3.05, 3.63) is 53.8 Å². The topological polar surface area (TPSA) is 39.7 Å². The van der Waals surface area contributed by atoms with Crippen molar-refractivity contribution in [2.24, 2.45) is 5.89 Å². The van der Waals surface area contributed by atoms with Crippen molar-refractivity contribution in [3.8, 4) is 17.2 Å². The average Bonchev–Trinajstić information content (AvgIpc) is 2.97. The molecule has 4 rings (SSSR count). The van der Waals surface area contributed by atoms with Gasteiger partial charge in [-0.05, 0) is 48.6 Å². The van der Waals surface area contributed by atoms with E-state index >= 15 is 0 Å². The van der Waals surface area contributed by atoms with Gasteiger partial charge in [0.25, 0.3) is 0 Å². The Morgan fingerprint density at radius 1 is 1.21 bits per heavy atom. The average molecular weight is 335 g/mol. The summed E-state index contributed by atoms with van der Waals surface area (Å²) in [5.74, 6) is -3.11. The molecule has 2 aromatic carbocycles. The van der Waals surface area contributed by atoms with E-state index in [-0.39, 0.29) is 36.8 Å². The molecule has 0 spiro atoms. The minimum Gasteiger partial charge on any atom is -0.493 e. The van der Waals surface area contributed by atoms with Crippen LogP contribution in [0.15, 0.2) is 42.5 Å². The molecule has 0 bridgehead atoms. The van der Waals surface area contributed by atoms with Crippen molar-refractivity contribution < 1.29 is 26.8 Å². The highest BCUT2D eigenvalue weighted by Gasteiger charge is 2.27. The molecule has 2 heterocycles. The molecule has 1 saturated heterocycles. The number of hydrogen-bond acceptors (Lipinski definition) is 4. The van der Waals surface area contributed by atoms with Crippen molar-refractivity contribution in [1.82, 2.24) is 5.32 Å². The van der Waals surface area contributed by atoms with Crippen LogP contribution in [-0.4, -0.2) is 26.4 Å². The van der Waals surface area contributed by atoms with E-state index in [1.54, 1.807) is 0 Å². The lowest BCUT2D eigenvalue weighted by Gasteiger charge is -2.32. The number of nitrogens with one attached hydrogen (secondary N) is 1. The third-order valence-corrected chi connectivity index (χ3v) is 3.94. The molecular weight excluding hydrogens is 309 g/mol. The molecule has 0 aliphatic carbocycles. The van der Waals surface area contributed by atoms with Crippen LogP contribution in [0.2, 0.25) is 0 Å². The van der Waals surface area contributed by atoms with Gasteiger partial charge in [0.15, 0.2) is 11.5 Å². The number of hydrogen-bond donors (Lipinski definition) is 1. The van der Waals surface area contributed by atoms with Gasteiger partial charge in [-0.25, -0.2) is 4.39 Å². The molecule has 1 N–H and O–H groups in total. The summed E-state index contributed by atoms with van der Waals surface area (Å²) >= 11 is 0. The predicted molar refractivity (Wildman–Crippen MR) is 88.2 cm³/mol. The lowest BCUT2D eigenvalue weighted by molar-refractivity contribution is 0.173. The summed E-state index contributed by atoms with van der Waals surface area (Å²) < 4.78 is 78.2. The van der Waals surface area contributed by atoms with E-state index in [1.165, 1.54) is 42.5 Å². The smallest absolute Gasteiger partial charge is 0.231 e. The van der Waals surface area contributed by atoms with Gasteiger partial charge in [0.1, 0.15) is 14.3 Å². The highest BCUT2D eigenvalue weighted by atomic mass is 19.1. The summed E-state index contributed by atoms with van der Waals surface area (Å²) in [6, 6.07) is 9.63. The maximum Gasteiger partial charge on any atom is 0.231 e. The molecule has 2 aliphatic rings. The number of rotatable bonds is 4. The molecule has 4 nitrogen and oxygen atoms in total. The van der Waals surface area contributed by atoms with Gasteiger partial charge in [0.05, 0.1) is 6.61 Å². The fraction of sp³-hybridized carbons (Fsp3) is 0.368. The van der Waals surface area contributed by atoms with Gasteiger partial charge in [-0.1, -0.05) is 12.1 Å². The molecule has 2 aliphatic heterocycles. The van der Waals surface area contributed by atoms with Crippen molar-refractivity contribution in [2.75, 3.05) is 26.4 Å². The highest BCUT2D eigenvalue weighted by molar-refractivity contribution is 5.46. The van der Waals surface area contributed by atoms with Gasteiger partial charge < -0.3 is 19.5 Å². The molecule has 2 aromatic rings. The van der Waals surface area contributed by atoms with Crippen LogP contribution in [0.3, 0.4) is 0 Å². The fourth-order valence-electron chi connectivity index (χ4n) is 2.67. The van der Waals surface area contributed by atoms with Crippen LogP contribution in [-0.2, 0) is 0 Å². The minimum absolute atomic E-state index is 0.158. The summed E-state index contributed by atoms with van der Waals surface area (Å²) in [4.78, 5) is 0. The number of halogens is 1. The number of ether oxygens (including phenoxy) is 3. The molecule has 126 valence electrons. The second-order valence-electron chi connectivity index (χ2n) is 5.48. The molecule has 1 fully saturated rings. The van der Waals surface area contributed by atoms with Crippen LogP contribution in [0.1, 0.15) is 26.1 Å². The zero-order chi connectivity index (χ0) is 21.8. The highest BCUT2D eigenvalue weighted by Crippen LogP contribution is 2.36. The predicted octanol–water partition coefficient (Wildman–Crippen LogP) is 3.33. The van der Waals surface area contributed by atoms with E-state index in [1.807, 2.05) is 0 Å². The molecule has 0 amide bonds. The summed E-state index contributed by atoms with van der Waals surface area (Å²) in [7, 11) is 0. The van der Waals surface area contributed by atoms with E-state index in [2.05, 4.69) is 5.32 Å². The number of piperidine rings is 1. The molecule has 0 aromatic heterocycles. The molecular formula is C19H20FNO3. The molecule has 2 atom stereocenters. The first kappa shape index (κ1) is 9.89. The second kappa shape index (κ2) is 6.69. The third-order valence-electron chi connectivity index (χ3n) is 3.94. The minimum atomic E-state index is -2.27. The summed E-state index contributed by atoms with van der Waals surface area (Å²) in [6.07, 6.45) is -0.320. The number of fused-ring (bicyclic) bond motifs is 1. The normalized spacial score (nSPS) is 36.4. The van der Waals surface area contributed by atoms with Crippen LogP contribution in [0.25, 0.3) is 0 Å². The Kier molecular flexibility index (Phi) is 2.76. The second-order valence-corrected chi connectivity index (χ2v) is 5.48. The first-order valence-electron chi connectivity index (χ1n) is 10.6. The van der Waals surface area contributed by atoms with Gasteiger partial charge in [0, 0.05) is 24.0 Å². The Hall–Kier alpha value is -2.27. The summed E-state index contributed by atoms with van der Waals surface area (Å²) in [6.45, 7) is -4.56. The Bertz CT molecular complexity index is 960. The van der Waals surface area contributed by atoms with Crippen LogP contribution in [0.5, 0.6) is 17.2 Å². The van der Waals surface area contributed by atoms with E-state index < -0.39 is 30.8 Å². The van der Waals surface area contributed by atoms with E-state index in [9.17, 15) is 4.39 Å². The summed E-state index contributed by atoms with van der Waals surface area (Å²) in [5.41, 5.74) is 0.326. The molecule has 5 heteroatoms. The zero-order valence-electron chi connectivity index (χ0n) is 18.8. The van der Waals surface area contributed by atoms with Gasteiger partial charge in [-0.15, -0.1) is 0 Å². The summed E-state index contributed by atoms with van der Waals surface area (Å²) in [5, 5.41) is 2.65. The lowest BCUT2D eigenvalue weighted by Crippen LogP contribution is -2.38. The van der Waals surface area contributed by atoms with Gasteiger partial charge in [-0.2, -0.15) is 0 Å². The molecule has 0 radical (unpaired) electrons. The van der Waals surface area contributed by atoms with Crippen molar-refractivity contribution in [2.45, 2.75) is 12.3 Å². The Morgan fingerprint density at radius 3 is 2.92 bits per heavy atom. The molecule has 0 saturated carbocycles. The van der Waals surface area contributed by atoms with Crippen LogP contribution >= 0.6 is 0 Å².